The van der Waals surface area contributed by atoms with Crippen LogP contribution in [0.3, 0.4) is 0 Å². The largest absolute Gasteiger partial charge is 0.382 e. The molecule has 18 heavy (non-hydrogen) atoms. The Labute approximate surface area is 117 Å². The summed E-state index contributed by atoms with van der Waals surface area (Å²) in [6.45, 7) is 1.38. The summed E-state index contributed by atoms with van der Waals surface area (Å²) in [5.74, 6) is 0. The molecule has 0 fully saturated rings. The van der Waals surface area contributed by atoms with Crippen molar-refractivity contribution < 1.29 is 9.47 Å². The number of ether oxygens (including phenoxy) is 2. The smallest absolute Gasteiger partial charge is 0.0704 e. The number of rotatable bonds is 5. The summed E-state index contributed by atoms with van der Waals surface area (Å²) in [7, 11) is 1.70. The van der Waals surface area contributed by atoms with Crippen LogP contribution in [0.25, 0.3) is 5.57 Å². The molecule has 0 saturated carbocycles. The molecule has 0 heterocycles. The standard InChI is InChI=1S/C15H19BrO2/c1-17-10-11-18-15-8-4-13(5-9-15)12-2-6-14(16)7-3-12/h2-4,6-7,15H,5,8-11H2,1H3. The highest BCUT2D eigenvalue weighted by Gasteiger charge is 2.15. The number of benzene rings is 1. The predicted molar refractivity (Wildman–Crippen MR) is 77.6 cm³/mol. The third-order valence-corrected chi connectivity index (χ3v) is 3.75. The molecule has 2 rings (SSSR count). The van der Waals surface area contributed by atoms with Gasteiger partial charge in [-0.3, -0.25) is 0 Å². The number of hydrogen-bond donors (Lipinski definition) is 0. The van der Waals surface area contributed by atoms with E-state index in [1.807, 2.05) is 0 Å². The summed E-state index contributed by atoms with van der Waals surface area (Å²) in [6.07, 6.45) is 5.88. The summed E-state index contributed by atoms with van der Waals surface area (Å²) < 4.78 is 11.9. The van der Waals surface area contributed by atoms with Gasteiger partial charge in [-0.25, -0.2) is 0 Å². The Bertz CT molecular complexity index is 397. The molecule has 0 amide bonds. The van der Waals surface area contributed by atoms with E-state index in [0.29, 0.717) is 19.3 Å². The number of methoxy groups -OCH3 is 1. The van der Waals surface area contributed by atoms with Gasteiger partial charge in [0.1, 0.15) is 0 Å². The fourth-order valence-corrected chi connectivity index (χ4v) is 2.45. The van der Waals surface area contributed by atoms with Crippen molar-refractivity contribution in [3.8, 4) is 0 Å². The van der Waals surface area contributed by atoms with Crippen LogP contribution in [0.5, 0.6) is 0 Å². The Kier molecular flexibility index (Phi) is 5.42. The highest BCUT2D eigenvalue weighted by molar-refractivity contribution is 9.10. The summed E-state index contributed by atoms with van der Waals surface area (Å²) in [5, 5.41) is 0. The van der Waals surface area contributed by atoms with E-state index >= 15 is 0 Å². The Balaban J connectivity index is 1.88. The average Bonchev–Trinajstić information content (AvgIpc) is 2.41. The molecule has 3 heteroatoms. The number of hydrogen-bond acceptors (Lipinski definition) is 2. The van der Waals surface area contributed by atoms with Crippen LogP contribution in [0, 0.1) is 0 Å². The van der Waals surface area contributed by atoms with Crippen LogP contribution in [-0.4, -0.2) is 26.4 Å². The van der Waals surface area contributed by atoms with E-state index in [1.165, 1.54) is 11.1 Å². The fraction of sp³-hybridized carbons (Fsp3) is 0.467. The number of halogens is 1. The molecule has 2 nitrogen and oxygen atoms in total. The van der Waals surface area contributed by atoms with Crippen LogP contribution >= 0.6 is 15.9 Å². The monoisotopic (exact) mass is 310 g/mol. The molecule has 1 atom stereocenters. The van der Waals surface area contributed by atoms with Gasteiger partial charge in [0, 0.05) is 11.6 Å². The first-order valence-electron chi connectivity index (χ1n) is 6.35. The fourth-order valence-electron chi connectivity index (χ4n) is 2.19. The summed E-state index contributed by atoms with van der Waals surface area (Å²) in [5.41, 5.74) is 2.77. The lowest BCUT2D eigenvalue weighted by Gasteiger charge is -2.22. The summed E-state index contributed by atoms with van der Waals surface area (Å²) in [4.78, 5) is 0. The van der Waals surface area contributed by atoms with Crippen molar-refractivity contribution in [3.63, 3.8) is 0 Å². The zero-order valence-corrected chi connectivity index (χ0v) is 12.3. The van der Waals surface area contributed by atoms with Crippen molar-refractivity contribution in [1.82, 2.24) is 0 Å². The van der Waals surface area contributed by atoms with Gasteiger partial charge in [-0.05, 0) is 42.5 Å². The van der Waals surface area contributed by atoms with E-state index in [4.69, 9.17) is 9.47 Å². The normalized spacial score (nSPS) is 19.7. The highest BCUT2D eigenvalue weighted by Crippen LogP contribution is 2.28. The van der Waals surface area contributed by atoms with Crippen LogP contribution in [0.4, 0.5) is 0 Å². The van der Waals surface area contributed by atoms with Gasteiger partial charge in [0.05, 0.1) is 19.3 Å². The Morgan fingerprint density at radius 2 is 2.00 bits per heavy atom. The lowest BCUT2D eigenvalue weighted by molar-refractivity contribution is 0.0141. The molecule has 1 aliphatic rings. The van der Waals surface area contributed by atoms with Crippen LogP contribution < -0.4 is 0 Å². The van der Waals surface area contributed by atoms with E-state index in [9.17, 15) is 0 Å². The molecular weight excluding hydrogens is 292 g/mol. The summed E-state index contributed by atoms with van der Waals surface area (Å²) >= 11 is 3.46. The molecule has 1 aromatic carbocycles. The molecule has 0 N–H and O–H groups in total. The van der Waals surface area contributed by atoms with Gasteiger partial charge >= 0.3 is 0 Å². The zero-order valence-electron chi connectivity index (χ0n) is 10.7. The third kappa shape index (κ3) is 3.94. The van der Waals surface area contributed by atoms with Gasteiger partial charge < -0.3 is 9.47 Å². The molecule has 1 aliphatic carbocycles. The highest BCUT2D eigenvalue weighted by atomic mass is 79.9. The topological polar surface area (TPSA) is 18.5 Å². The van der Waals surface area contributed by atoms with Crippen molar-refractivity contribution in [2.24, 2.45) is 0 Å². The van der Waals surface area contributed by atoms with Gasteiger partial charge in [-0.1, -0.05) is 34.1 Å². The molecule has 0 aromatic heterocycles. The van der Waals surface area contributed by atoms with Crippen LogP contribution in [0.1, 0.15) is 24.8 Å². The molecule has 1 aromatic rings. The van der Waals surface area contributed by atoms with Crippen molar-refractivity contribution in [1.29, 1.82) is 0 Å². The molecule has 0 bridgehead atoms. The molecule has 0 saturated heterocycles. The molecule has 0 aliphatic heterocycles. The van der Waals surface area contributed by atoms with E-state index < -0.39 is 0 Å². The van der Waals surface area contributed by atoms with Crippen LogP contribution in [0.2, 0.25) is 0 Å². The van der Waals surface area contributed by atoms with Crippen LogP contribution in [-0.2, 0) is 9.47 Å². The maximum Gasteiger partial charge on any atom is 0.0704 e. The number of allylic oxidation sites excluding steroid dienone is 1. The lowest BCUT2D eigenvalue weighted by Crippen LogP contribution is -2.18. The van der Waals surface area contributed by atoms with E-state index in [-0.39, 0.29) is 0 Å². The second-order valence-corrected chi connectivity index (χ2v) is 5.41. The van der Waals surface area contributed by atoms with Crippen LogP contribution in [0.15, 0.2) is 34.8 Å². The maximum atomic E-state index is 5.75. The quantitative estimate of drug-likeness (QED) is 0.764. The van der Waals surface area contributed by atoms with E-state index in [1.54, 1.807) is 7.11 Å². The van der Waals surface area contributed by atoms with Gasteiger partial charge in [0.2, 0.25) is 0 Å². The van der Waals surface area contributed by atoms with Gasteiger partial charge in [0.15, 0.2) is 0 Å². The predicted octanol–water partition coefficient (Wildman–Crippen LogP) is 4.05. The van der Waals surface area contributed by atoms with Gasteiger partial charge in [-0.2, -0.15) is 0 Å². The van der Waals surface area contributed by atoms with Gasteiger partial charge in [-0.15, -0.1) is 0 Å². The molecule has 1 unspecified atom stereocenters. The van der Waals surface area contributed by atoms with Gasteiger partial charge in [0.25, 0.3) is 0 Å². The zero-order chi connectivity index (χ0) is 12.8. The molecular formula is C15H19BrO2. The second kappa shape index (κ2) is 7.07. The first kappa shape index (κ1) is 13.8. The Morgan fingerprint density at radius 3 is 2.61 bits per heavy atom. The first-order valence-corrected chi connectivity index (χ1v) is 7.14. The minimum atomic E-state index is 0.361. The SMILES string of the molecule is COCCOC1CC=C(c2ccc(Br)cc2)CC1. The Morgan fingerprint density at radius 1 is 1.22 bits per heavy atom. The van der Waals surface area contributed by atoms with Crippen molar-refractivity contribution in [2.75, 3.05) is 20.3 Å². The molecule has 0 radical (unpaired) electrons. The minimum absolute atomic E-state index is 0.361. The van der Waals surface area contributed by atoms with E-state index in [0.717, 1.165) is 23.7 Å². The first-order chi connectivity index (χ1) is 8.79. The Hall–Kier alpha value is -0.640. The average molecular weight is 311 g/mol. The van der Waals surface area contributed by atoms with Crippen molar-refractivity contribution in [2.45, 2.75) is 25.4 Å². The summed E-state index contributed by atoms with van der Waals surface area (Å²) in [6, 6.07) is 8.53. The van der Waals surface area contributed by atoms with Crippen molar-refractivity contribution >= 4 is 21.5 Å². The maximum absolute atomic E-state index is 5.75. The lowest BCUT2D eigenvalue weighted by atomic mass is 9.92. The minimum Gasteiger partial charge on any atom is -0.382 e. The second-order valence-electron chi connectivity index (χ2n) is 4.50. The molecule has 0 spiro atoms. The van der Waals surface area contributed by atoms with E-state index in [2.05, 4.69) is 46.3 Å². The molecule has 98 valence electrons. The third-order valence-electron chi connectivity index (χ3n) is 3.22. The van der Waals surface area contributed by atoms with Crippen molar-refractivity contribution in [3.05, 3.63) is 40.4 Å².